The first-order valence-corrected chi connectivity index (χ1v) is 8.58. The van der Waals surface area contributed by atoms with E-state index in [0.717, 1.165) is 17.5 Å². The number of piperazine rings is 1. The summed E-state index contributed by atoms with van der Waals surface area (Å²) in [5, 5.41) is 0.0658. The molecule has 1 saturated heterocycles. The summed E-state index contributed by atoms with van der Waals surface area (Å²) in [4.78, 5) is 16.5. The van der Waals surface area contributed by atoms with Crippen LogP contribution >= 0.6 is 23.2 Å². The molecule has 1 fully saturated rings. The number of rotatable bonds is 3. The summed E-state index contributed by atoms with van der Waals surface area (Å²) in [7, 11) is 1.63. The van der Waals surface area contributed by atoms with E-state index >= 15 is 0 Å². The molecule has 132 valence electrons. The maximum Gasteiger partial charge on any atom is 0.255 e. The van der Waals surface area contributed by atoms with Crippen molar-refractivity contribution in [2.75, 3.05) is 38.2 Å². The van der Waals surface area contributed by atoms with Gasteiger partial charge in [0.1, 0.15) is 11.6 Å². The van der Waals surface area contributed by atoms with Crippen LogP contribution in [0.4, 0.5) is 10.1 Å². The quantitative estimate of drug-likeness (QED) is 0.749. The van der Waals surface area contributed by atoms with E-state index < -0.39 is 5.82 Å². The number of carbonyl (C=O) groups excluding carboxylic acids is 1. The second-order valence-corrected chi connectivity index (χ2v) is 6.54. The number of benzene rings is 2. The molecule has 2 aromatic carbocycles. The number of nitrogens with zero attached hydrogens (tertiary/aromatic N) is 2. The summed E-state index contributed by atoms with van der Waals surface area (Å²) >= 11 is 11.7. The number of ether oxygens (including phenoxy) is 1. The van der Waals surface area contributed by atoms with Gasteiger partial charge in [0.05, 0.1) is 22.7 Å². The van der Waals surface area contributed by atoms with Gasteiger partial charge in [0.2, 0.25) is 0 Å². The second-order valence-electron chi connectivity index (χ2n) is 5.73. The van der Waals surface area contributed by atoms with Crippen LogP contribution in [0.15, 0.2) is 36.4 Å². The molecule has 1 heterocycles. The van der Waals surface area contributed by atoms with Crippen LogP contribution in [-0.4, -0.2) is 44.1 Å². The Morgan fingerprint density at radius 1 is 1.08 bits per heavy atom. The minimum atomic E-state index is -0.649. The van der Waals surface area contributed by atoms with Crippen LogP contribution < -0.4 is 9.64 Å². The lowest BCUT2D eigenvalue weighted by molar-refractivity contribution is 0.0746. The zero-order chi connectivity index (χ0) is 18.0. The van der Waals surface area contributed by atoms with Gasteiger partial charge < -0.3 is 14.5 Å². The topological polar surface area (TPSA) is 32.8 Å². The van der Waals surface area contributed by atoms with Crippen LogP contribution in [0.3, 0.4) is 0 Å². The molecule has 0 aliphatic carbocycles. The van der Waals surface area contributed by atoms with Gasteiger partial charge in [0.15, 0.2) is 0 Å². The summed E-state index contributed by atoms with van der Waals surface area (Å²) in [6, 6.07) is 10.1. The molecule has 0 saturated carbocycles. The van der Waals surface area contributed by atoms with Crippen LogP contribution in [-0.2, 0) is 0 Å². The van der Waals surface area contributed by atoms with Crippen molar-refractivity contribution in [1.82, 2.24) is 4.90 Å². The van der Waals surface area contributed by atoms with Crippen molar-refractivity contribution < 1.29 is 13.9 Å². The average Bonchev–Trinajstić information content (AvgIpc) is 2.64. The molecule has 2 aromatic rings. The van der Waals surface area contributed by atoms with Crippen LogP contribution in [0.1, 0.15) is 10.4 Å². The van der Waals surface area contributed by atoms with Gasteiger partial charge in [-0.15, -0.1) is 0 Å². The molecule has 0 unspecified atom stereocenters. The largest absolute Gasteiger partial charge is 0.497 e. The molecule has 25 heavy (non-hydrogen) atoms. The highest BCUT2D eigenvalue weighted by Crippen LogP contribution is 2.27. The predicted molar refractivity (Wildman–Crippen MR) is 97.5 cm³/mol. The number of methoxy groups -OCH3 is 1. The van der Waals surface area contributed by atoms with Crippen molar-refractivity contribution in [3.8, 4) is 5.75 Å². The van der Waals surface area contributed by atoms with Crippen LogP contribution in [0.25, 0.3) is 0 Å². The van der Waals surface area contributed by atoms with Crippen LogP contribution in [0.2, 0.25) is 10.0 Å². The average molecular weight is 383 g/mol. The number of hydrogen-bond acceptors (Lipinski definition) is 3. The van der Waals surface area contributed by atoms with E-state index in [0.29, 0.717) is 26.2 Å². The van der Waals surface area contributed by atoms with E-state index in [-0.39, 0.29) is 21.5 Å². The molecule has 0 aromatic heterocycles. The molecule has 3 rings (SSSR count). The van der Waals surface area contributed by atoms with Crippen molar-refractivity contribution in [2.24, 2.45) is 0 Å². The Bertz CT molecular complexity index is 793. The smallest absolute Gasteiger partial charge is 0.255 e. The van der Waals surface area contributed by atoms with Crippen molar-refractivity contribution in [2.45, 2.75) is 0 Å². The standard InChI is InChI=1S/C18H17Cl2FN2O2/c1-25-13-4-2-3-12(9-13)22-5-7-23(8-6-22)18(24)14-10-17(21)16(20)11-15(14)19/h2-4,9-11H,5-8H2,1H3. The zero-order valence-electron chi connectivity index (χ0n) is 13.6. The fraction of sp³-hybridized carbons (Fsp3) is 0.278. The summed E-state index contributed by atoms with van der Waals surface area (Å²) < 4.78 is 18.9. The fourth-order valence-electron chi connectivity index (χ4n) is 2.83. The second kappa shape index (κ2) is 7.50. The predicted octanol–water partition coefficient (Wildman–Crippen LogP) is 4.10. The Balaban J connectivity index is 1.69. The molecule has 1 aliphatic heterocycles. The molecule has 4 nitrogen and oxygen atoms in total. The highest BCUT2D eigenvalue weighted by molar-refractivity contribution is 6.36. The fourth-order valence-corrected chi connectivity index (χ4v) is 3.30. The van der Waals surface area contributed by atoms with Crippen molar-refractivity contribution in [1.29, 1.82) is 0 Å². The third-order valence-corrected chi connectivity index (χ3v) is 4.83. The number of anilines is 1. The van der Waals surface area contributed by atoms with E-state index in [1.54, 1.807) is 12.0 Å². The number of carbonyl (C=O) groups is 1. The number of halogens is 3. The Kier molecular flexibility index (Phi) is 5.35. The maximum atomic E-state index is 13.7. The molecule has 0 spiro atoms. The summed E-state index contributed by atoms with van der Waals surface area (Å²) in [5.41, 5.74) is 1.18. The molecule has 0 atom stereocenters. The third-order valence-electron chi connectivity index (χ3n) is 4.23. The summed E-state index contributed by atoms with van der Waals surface area (Å²) in [6.45, 7) is 2.40. The molecule has 0 radical (unpaired) electrons. The highest BCUT2D eigenvalue weighted by Gasteiger charge is 2.25. The van der Waals surface area contributed by atoms with Crippen molar-refractivity contribution >= 4 is 34.8 Å². The first-order chi connectivity index (χ1) is 12.0. The lowest BCUT2D eigenvalue weighted by atomic mass is 10.1. The molecule has 1 amide bonds. The van der Waals surface area contributed by atoms with Crippen LogP contribution in [0, 0.1) is 5.82 Å². The minimum Gasteiger partial charge on any atom is -0.497 e. The molecule has 1 aliphatic rings. The summed E-state index contributed by atoms with van der Waals surface area (Å²) in [5.74, 6) is -0.144. The van der Waals surface area contributed by atoms with Gasteiger partial charge in [0, 0.05) is 37.9 Å². The lowest BCUT2D eigenvalue weighted by Gasteiger charge is -2.36. The zero-order valence-corrected chi connectivity index (χ0v) is 15.1. The van der Waals surface area contributed by atoms with E-state index in [1.807, 2.05) is 24.3 Å². The number of amides is 1. The molecular weight excluding hydrogens is 366 g/mol. The lowest BCUT2D eigenvalue weighted by Crippen LogP contribution is -2.48. The maximum absolute atomic E-state index is 13.7. The summed E-state index contributed by atoms with van der Waals surface area (Å²) in [6.07, 6.45) is 0. The van der Waals surface area contributed by atoms with Gasteiger partial charge in [-0.2, -0.15) is 0 Å². The van der Waals surface area contributed by atoms with Crippen molar-refractivity contribution in [3.05, 3.63) is 57.8 Å². The Morgan fingerprint density at radius 3 is 2.48 bits per heavy atom. The van der Waals surface area contributed by atoms with E-state index in [9.17, 15) is 9.18 Å². The van der Waals surface area contributed by atoms with E-state index in [1.165, 1.54) is 6.07 Å². The third kappa shape index (κ3) is 3.83. The van der Waals surface area contributed by atoms with Gasteiger partial charge in [0.25, 0.3) is 5.91 Å². The highest BCUT2D eigenvalue weighted by atomic mass is 35.5. The van der Waals surface area contributed by atoms with Crippen LogP contribution in [0.5, 0.6) is 5.75 Å². The van der Waals surface area contributed by atoms with Gasteiger partial charge in [-0.25, -0.2) is 4.39 Å². The normalized spacial score (nSPS) is 14.6. The Hall–Kier alpha value is -1.98. The van der Waals surface area contributed by atoms with Gasteiger partial charge >= 0.3 is 0 Å². The first kappa shape index (κ1) is 17.8. The van der Waals surface area contributed by atoms with Gasteiger partial charge in [-0.1, -0.05) is 29.3 Å². The Morgan fingerprint density at radius 2 is 1.80 bits per heavy atom. The molecule has 0 bridgehead atoms. The monoisotopic (exact) mass is 382 g/mol. The number of hydrogen-bond donors (Lipinski definition) is 0. The molecule has 0 N–H and O–H groups in total. The van der Waals surface area contributed by atoms with E-state index in [4.69, 9.17) is 27.9 Å². The Labute approximate surface area is 155 Å². The SMILES string of the molecule is COc1cccc(N2CCN(C(=O)c3cc(F)c(Cl)cc3Cl)CC2)c1. The van der Waals surface area contributed by atoms with Crippen molar-refractivity contribution in [3.63, 3.8) is 0 Å². The van der Waals surface area contributed by atoms with E-state index in [2.05, 4.69) is 4.90 Å². The molecule has 7 heteroatoms. The first-order valence-electron chi connectivity index (χ1n) is 7.82. The molecular formula is C18H17Cl2FN2O2. The van der Waals surface area contributed by atoms with Gasteiger partial charge in [-0.05, 0) is 24.3 Å². The van der Waals surface area contributed by atoms with Gasteiger partial charge in [-0.3, -0.25) is 4.79 Å². The minimum absolute atomic E-state index is 0.0932.